The molecule has 168 valence electrons. The molecule has 8 nitrogen and oxygen atoms in total. The van der Waals surface area contributed by atoms with Gasteiger partial charge < -0.3 is 14.6 Å². The van der Waals surface area contributed by atoms with Crippen LogP contribution in [0.3, 0.4) is 0 Å². The molecule has 1 aromatic heterocycles. The second-order valence-electron chi connectivity index (χ2n) is 8.70. The Labute approximate surface area is 182 Å². The molecule has 4 atom stereocenters. The van der Waals surface area contributed by atoms with E-state index in [1.54, 1.807) is 24.3 Å². The van der Waals surface area contributed by atoms with Gasteiger partial charge in [-0.05, 0) is 75.1 Å². The summed E-state index contributed by atoms with van der Waals surface area (Å²) in [6.45, 7) is 4.45. The molecule has 2 aliphatic carbocycles. The molecule has 0 aliphatic heterocycles. The molecule has 2 aliphatic rings. The number of sulfone groups is 1. The first-order valence-electron chi connectivity index (χ1n) is 10.9. The normalized spacial score (nSPS) is 23.6. The van der Waals surface area contributed by atoms with Crippen LogP contribution in [-0.4, -0.2) is 42.9 Å². The summed E-state index contributed by atoms with van der Waals surface area (Å²) in [5, 5.41) is 6.75. The highest BCUT2D eigenvalue weighted by Gasteiger charge is 2.42. The van der Waals surface area contributed by atoms with Gasteiger partial charge in [-0.15, -0.1) is 0 Å². The van der Waals surface area contributed by atoms with Crippen molar-refractivity contribution in [2.45, 2.75) is 51.3 Å². The van der Waals surface area contributed by atoms with E-state index in [-0.39, 0.29) is 11.9 Å². The van der Waals surface area contributed by atoms with Crippen molar-refractivity contribution in [2.24, 2.45) is 17.8 Å². The lowest BCUT2D eigenvalue weighted by Gasteiger charge is -2.28. The van der Waals surface area contributed by atoms with Crippen molar-refractivity contribution in [2.75, 3.05) is 12.4 Å². The lowest BCUT2D eigenvalue weighted by atomic mass is 9.84. The summed E-state index contributed by atoms with van der Waals surface area (Å²) >= 11 is 0. The summed E-state index contributed by atoms with van der Waals surface area (Å²) in [6, 6.07) is 7.12. The number of aromatic nitrogens is 2. The monoisotopic (exact) mass is 447 g/mol. The Bertz CT molecular complexity index is 1020. The first kappa shape index (κ1) is 21.8. The molecule has 0 radical (unpaired) electrons. The van der Waals surface area contributed by atoms with Crippen LogP contribution >= 0.6 is 0 Å². The van der Waals surface area contributed by atoms with Gasteiger partial charge in [0.15, 0.2) is 9.84 Å². The number of ether oxygens (including phenoxy) is 1. The van der Waals surface area contributed by atoms with Crippen LogP contribution in [0.5, 0.6) is 5.75 Å². The van der Waals surface area contributed by atoms with Gasteiger partial charge in [0, 0.05) is 11.6 Å². The Morgan fingerprint density at radius 1 is 1.26 bits per heavy atom. The molecule has 2 bridgehead atoms. The highest BCUT2D eigenvalue weighted by Crippen LogP contribution is 2.49. The van der Waals surface area contributed by atoms with E-state index in [9.17, 15) is 13.2 Å². The predicted molar refractivity (Wildman–Crippen MR) is 115 cm³/mol. The maximum Gasteiger partial charge on any atom is 0.242 e. The van der Waals surface area contributed by atoms with Gasteiger partial charge in [-0.2, -0.15) is 4.98 Å². The average molecular weight is 448 g/mol. The van der Waals surface area contributed by atoms with Crippen molar-refractivity contribution in [1.29, 1.82) is 0 Å². The minimum absolute atomic E-state index is 0.00679. The lowest BCUT2D eigenvalue weighted by Crippen LogP contribution is -2.42. The smallest absolute Gasteiger partial charge is 0.242 e. The van der Waals surface area contributed by atoms with Gasteiger partial charge in [0.2, 0.25) is 17.6 Å². The van der Waals surface area contributed by atoms with Gasteiger partial charge in [-0.25, -0.2) is 8.42 Å². The quantitative estimate of drug-likeness (QED) is 0.629. The molecule has 2 aromatic rings. The third-order valence-corrected chi connectivity index (χ3v) is 7.80. The molecule has 0 saturated heterocycles. The van der Waals surface area contributed by atoms with E-state index in [0.29, 0.717) is 29.8 Å². The Morgan fingerprint density at radius 2 is 2.03 bits per heavy atom. The number of benzene rings is 1. The fraction of sp³-hybridized carbons (Fsp3) is 0.591. The number of carbonyl (C=O) groups is 1. The summed E-state index contributed by atoms with van der Waals surface area (Å²) in [5.41, 5.74) is 0.688. The zero-order valence-electron chi connectivity index (χ0n) is 17.9. The SMILES string of the molecule is CCOc1ccc(-c2noc(CS(=O)(=O)CC(=O)NC(C)C3CC4CCC3C4)n2)cc1. The fourth-order valence-corrected chi connectivity index (χ4v) is 6.12. The summed E-state index contributed by atoms with van der Waals surface area (Å²) in [5.74, 6) is 1.37. The molecule has 2 saturated carbocycles. The van der Waals surface area contributed by atoms with Crippen LogP contribution in [0.25, 0.3) is 11.4 Å². The highest BCUT2D eigenvalue weighted by atomic mass is 32.2. The lowest BCUT2D eigenvalue weighted by molar-refractivity contribution is -0.119. The van der Waals surface area contributed by atoms with Crippen LogP contribution in [-0.2, 0) is 20.4 Å². The van der Waals surface area contributed by atoms with E-state index in [4.69, 9.17) is 9.26 Å². The molecule has 31 heavy (non-hydrogen) atoms. The zero-order chi connectivity index (χ0) is 22.0. The summed E-state index contributed by atoms with van der Waals surface area (Å²) in [7, 11) is -3.72. The van der Waals surface area contributed by atoms with Crippen molar-refractivity contribution in [3.63, 3.8) is 0 Å². The fourth-order valence-electron chi connectivity index (χ4n) is 5.05. The molecule has 4 rings (SSSR count). The molecule has 9 heteroatoms. The topological polar surface area (TPSA) is 111 Å². The van der Waals surface area contributed by atoms with Crippen molar-refractivity contribution >= 4 is 15.7 Å². The molecule has 2 fully saturated rings. The first-order chi connectivity index (χ1) is 14.8. The number of hydrogen-bond donors (Lipinski definition) is 1. The van der Waals surface area contributed by atoms with Crippen molar-refractivity contribution < 1.29 is 22.5 Å². The zero-order valence-corrected chi connectivity index (χ0v) is 18.7. The van der Waals surface area contributed by atoms with Crippen LogP contribution in [0, 0.1) is 17.8 Å². The van der Waals surface area contributed by atoms with Crippen molar-refractivity contribution in [3.05, 3.63) is 30.2 Å². The second kappa shape index (κ2) is 8.98. The van der Waals surface area contributed by atoms with Gasteiger partial charge in [0.1, 0.15) is 17.3 Å². The van der Waals surface area contributed by atoms with Crippen molar-refractivity contribution in [1.82, 2.24) is 15.5 Å². The largest absolute Gasteiger partial charge is 0.494 e. The number of rotatable bonds is 9. The number of nitrogens with zero attached hydrogens (tertiary/aromatic N) is 2. The number of carbonyl (C=O) groups excluding carboxylic acids is 1. The van der Waals surface area contributed by atoms with Gasteiger partial charge in [0.25, 0.3) is 0 Å². The highest BCUT2D eigenvalue weighted by molar-refractivity contribution is 7.91. The minimum atomic E-state index is -3.72. The van der Waals surface area contributed by atoms with Crippen LogP contribution in [0.15, 0.2) is 28.8 Å². The van der Waals surface area contributed by atoms with Gasteiger partial charge >= 0.3 is 0 Å². The Kier molecular flexibility index (Phi) is 6.31. The van der Waals surface area contributed by atoms with Crippen LogP contribution in [0.4, 0.5) is 0 Å². The van der Waals surface area contributed by atoms with Gasteiger partial charge in [0.05, 0.1) is 6.61 Å². The molecule has 1 aromatic carbocycles. The third kappa shape index (κ3) is 5.26. The van der Waals surface area contributed by atoms with Crippen molar-refractivity contribution in [3.8, 4) is 17.1 Å². The van der Waals surface area contributed by atoms with E-state index >= 15 is 0 Å². The maximum atomic E-state index is 12.5. The number of fused-ring (bicyclic) bond motifs is 2. The van der Waals surface area contributed by atoms with Crippen LogP contribution in [0.2, 0.25) is 0 Å². The van der Waals surface area contributed by atoms with Crippen LogP contribution < -0.4 is 10.1 Å². The molecule has 1 heterocycles. The summed E-state index contributed by atoms with van der Waals surface area (Å²) in [6.07, 6.45) is 4.90. The minimum Gasteiger partial charge on any atom is -0.494 e. The van der Waals surface area contributed by atoms with Gasteiger partial charge in [-0.1, -0.05) is 11.6 Å². The molecule has 0 spiro atoms. The first-order valence-corrected chi connectivity index (χ1v) is 12.7. The number of amides is 1. The molecular weight excluding hydrogens is 418 g/mol. The van der Waals surface area contributed by atoms with E-state index in [2.05, 4.69) is 15.5 Å². The summed E-state index contributed by atoms with van der Waals surface area (Å²) in [4.78, 5) is 16.5. The second-order valence-corrected chi connectivity index (χ2v) is 10.8. The average Bonchev–Trinajstić information content (AvgIpc) is 3.45. The summed E-state index contributed by atoms with van der Waals surface area (Å²) < 4.78 is 35.5. The Balaban J connectivity index is 1.31. The van der Waals surface area contributed by atoms with Gasteiger partial charge in [-0.3, -0.25) is 4.79 Å². The third-order valence-electron chi connectivity index (χ3n) is 6.41. The molecular formula is C22H29N3O5S. The standard InChI is InChI=1S/C22H29N3O5S/c1-3-29-18-8-6-16(7-9-18)22-24-21(30-25-22)13-31(27,28)12-20(26)23-14(2)19-11-15-4-5-17(19)10-15/h6-9,14-15,17,19H,3-5,10-13H2,1-2H3,(H,23,26). The molecule has 1 amide bonds. The van der Waals surface area contributed by atoms with E-state index in [1.807, 2.05) is 13.8 Å². The Morgan fingerprint density at radius 3 is 2.68 bits per heavy atom. The molecule has 1 N–H and O–H groups in total. The van der Waals surface area contributed by atoms with E-state index < -0.39 is 27.3 Å². The number of nitrogens with one attached hydrogen (secondary N) is 1. The van der Waals surface area contributed by atoms with E-state index in [0.717, 1.165) is 18.1 Å². The predicted octanol–water partition coefficient (Wildman–Crippen LogP) is 2.99. The Hall–Kier alpha value is -2.42. The molecule has 4 unspecified atom stereocenters. The number of hydrogen-bond acceptors (Lipinski definition) is 7. The van der Waals surface area contributed by atoms with E-state index in [1.165, 1.54) is 19.3 Å². The maximum absolute atomic E-state index is 12.5. The van der Waals surface area contributed by atoms with Crippen LogP contribution in [0.1, 0.15) is 45.4 Å².